The standard InChI is InChI=1S/C21H14FN3O2/c22-16-6-8-17(9-7-16)23-21(27)15-5-10-18-19(11-15)25-20(24-18)14-3-1-13(12-26)2-4-14/h1-12H,(H,23,27)(H,24,25). The first kappa shape index (κ1) is 16.7. The van der Waals surface area contributed by atoms with Gasteiger partial charge in [-0.3, -0.25) is 9.59 Å². The summed E-state index contributed by atoms with van der Waals surface area (Å²) in [5.74, 6) is -0.00545. The van der Waals surface area contributed by atoms with Gasteiger partial charge in [-0.05, 0) is 42.5 Å². The van der Waals surface area contributed by atoms with Crippen LogP contribution in [0.5, 0.6) is 0 Å². The van der Waals surface area contributed by atoms with E-state index in [0.717, 1.165) is 22.9 Å². The lowest BCUT2D eigenvalue weighted by molar-refractivity contribution is 0.102. The molecule has 5 nitrogen and oxygen atoms in total. The molecule has 2 N–H and O–H groups in total. The molecule has 4 aromatic rings. The number of carbonyl (C=O) groups excluding carboxylic acids is 2. The Morgan fingerprint density at radius 1 is 1.00 bits per heavy atom. The summed E-state index contributed by atoms with van der Waals surface area (Å²) in [7, 11) is 0. The Labute approximate surface area is 153 Å². The van der Waals surface area contributed by atoms with E-state index >= 15 is 0 Å². The Hall–Kier alpha value is -3.80. The van der Waals surface area contributed by atoms with Gasteiger partial charge in [0.05, 0.1) is 11.0 Å². The van der Waals surface area contributed by atoms with Crippen LogP contribution in [0.25, 0.3) is 22.4 Å². The van der Waals surface area contributed by atoms with Crippen molar-refractivity contribution in [1.29, 1.82) is 0 Å². The Kier molecular flexibility index (Phi) is 4.22. The molecule has 0 saturated heterocycles. The molecule has 6 heteroatoms. The molecule has 0 atom stereocenters. The highest BCUT2D eigenvalue weighted by Crippen LogP contribution is 2.22. The van der Waals surface area contributed by atoms with Crippen LogP contribution in [0.3, 0.4) is 0 Å². The number of anilines is 1. The highest BCUT2D eigenvalue weighted by atomic mass is 19.1. The van der Waals surface area contributed by atoms with E-state index in [1.807, 2.05) is 12.1 Å². The quantitative estimate of drug-likeness (QED) is 0.529. The van der Waals surface area contributed by atoms with E-state index in [9.17, 15) is 14.0 Å². The second-order valence-corrected chi connectivity index (χ2v) is 6.02. The minimum absolute atomic E-state index is 0.296. The van der Waals surface area contributed by atoms with Gasteiger partial charge in [-0.2, -0.15) is 0 Å². The van der Waals surface area contributed by atoms with Crippen molar-refractivity contribution >= 4 is 28.9 Å². The van der Waals surface area contributed by atoms with Gasteiger partial charge in [-0.25, -0.2) is 9.37 Å². The summed E-state index contributed by atoms with van der Waals surface area (Å²) >= 11 is 0. The van der Waals surface area contributed by atoms with Crippen LogP contribution in [-0.4, -0.2) is 22.2 Å². The van der Waals surface area contributed by atoms with Crippen molar-refractivity contribution in [3.63, 3.8) is 0 Å². The van der Waals surface area contributed by atoms with Gasteiger partial charge >= 0.3 is 0 Å². The fourth-order valence-electron chi connectivity index (χ4n) is 2.74. The van der Waals surface area contributed by atoms with Crippen LogP contribution in [0.1, 0.15) is 20.7 Å². The maximum Gasteiger partial charge on any atom is 0.255 e. The average molecular weight is 359 g/mol. The number of hydrogen-bond donors (Lipinski definition) is 2. The summed E-state index contributed by atoms with van der Waals surface area (Å²) in [6.07, 6.45) is 0.786. The van der Waals surface area contributed by atoms with Gasteiger partial charge in [0.15, 0.2) is 0 Å². The van der Waals surface area contributed by atoms with Crippen LogP contribution < -0.4 is 5.32 Å². The molecular weight excluding hydrogens is 345 g/mol. The smallest absolute Gasteiger partial charge is 0.255 e. The zero-order valence-corrected chi connectivity index (χ0v) is 14.1. The molecule has 0 bridgehead atoms. The summed E-state index contributed by atoms with van der Waals surface area (Å²) in [5, 5.41) is 2.73. The number of hydrogen-bond acceptors (Lipinski definition) is 3. The van der Waals surface area contributed by atoms with Crippen LogP contribution in [0.15, 0.2) is 66.7 Å². The third-order valence-electron chi connectivity index (χ3n) is 4.17. The predicted molar refractivity (Wildman–Crippen MR) is 101 cm³/mol. The van der Waals surface area contributed by atoms with E-state index in [0.29, 0.717) is 22.6 Å². The maximum absolute atomic E-state index is 13.0. The van der Waals surface area contributed by atoms with E-state index in [2.05, 4.69) is 15.3 Å². The van der Waals surface area contributed by atoms with Gasteiger partial charge in [0.1, 0.15) is 17.9 Å². The molecule has 1 aromatic heterocycles. The van der Waals surface area contributed by atoms with Gasteiger partial charge in [-0.15, -0.1) is 0 Å². The van der Waals surface area contributed by atoms with Gasteiger partial charge in [0.25, 0.3) is 5.91 Å². The minimum atomic E-state index is -0.361. The molecule has 0 saturated carbocycles. The number of aromatic nitrogens is 2. The third-order valence-corrected chi connectivity index (χ3v) is 4.17. The van der Waals surface area contributed by atoms with E-state index in [4.69, 9.17) is 0 Å². The van der Waals surface area contributed by atoms with Crippen LogP contribution in [-0.2, 0) is 0 Å². The molecule has 0 unspecified atom stereocenters. The lowest BCUT2D eigenvalue weighted by atomic mass is 10.1. The minimum Gasteiger partial charge on any atom is -0.338 e. The lowest BCUT2D eigenvalue weighted by Crippen LogP contribution is -2.11. The highest BCUT2D eigenvalue weighted by Gasteiger charge is 2.10. The van der Waals surface area contributed by atoms with Crippen LogP contribution in [0.4, 0.5) is 10.1 Å². The molecule has 132 valence electrons. The number of amides is 1. The molecular formula is C21H14FN3O2. The zero-order valence-electron chi connectivity index (χ0n) is 14.1. The van der Waals surface area contributed by atoms with Crippen molar-refractivity contribution in [3.8, 4) is 11.4 Å². The molecule has 4 rings (SSSR count). The van der Waals surface area contributed by atoms with Crippen molar-refractivity contribution in [3.05, 3.63) is 83.7 Å². The lowest BCUT2D eigenvalue weighted by Gasteiger charge is -2.05. The number of imidazole rings is 1. The summed E-state index contributed by atoms with van der Waals surface area (Å²) in [4.78, 5) is 30.9. The molecule has 0 fully saturated rings. The number of carbonyl (C=O) groups is 2. The van der Waals surface area contributed by atoms with Crippen molar-refractivity contribution in [1.82, 2.24) is 9.97 Å². The average Bonchev–Trinajstić information content (AvgIpc) is 3.13. The first-order valence-electron chi connectivity index (χ1n) is 8.25. The van der Waals surface area contributed by atoms with E-state index in [1.54, 1.807) is 30.3 Å². The third kappa shape index (κ3) is 3.46. The predicted octanol–water partition coefficient (Wildman–Crippen LogP) is 4.43. The molecule has 3 aromatic carbocycles. The Balaban J connectivity index is 1.60. The highest BCUT2D eigenvalue weighted by molar-refractivity contribution is 6.06. The first-order chi connectivity index (χ1) is 13.1. The fraction of sp³-hybridized carbons (Fsp3) is 0. The van der Waals surface area contributed by atoms with Crippen molar-refractivity contribution in [2.24, 2.45) is 0 Å². The summed E-state index contributed by atoms with van der Waals surface area (Å²) in [6, 6.07) is 17.8. The number of nitrogens with one attached hydrogen (secondary N) is 2. The zero-order chi connectivity index (χ0) is 18.8. The van der Waals surface area contributed by atoms with Gasteiger partial charge in [0, 0.05) is 22.4 Å². The Morgan fingerprint density at radius 3 is 2.44 bits per heavy atom. The number of fused-ring (bicyclic) bond motifs is 1. The van der Waals surface area contributed by atoms with E-state index < -0.39 is 0 Å². The van der Waals surface area contributed by atoms with Gasteiger partial charge in [-0.1, -0.05) is 24.3 Å². The van der Waals surface area contributed by atoms with Crippen molar-refractivity contribution < 1.29 is 14.0 Å². The monoisotopic (exact) mass is 359 g/mol. The second kappa shape index (κ2) is 6.84. The molecule has 1 amide bonds. The fourth-order valence-corrected chi connectivity index (χ4v) is 2.74. The molecule has 0 aliphatic carbocycles. The van der Waals surface area contributed by atoms with Crippen LogP contribution >= 0.6 is 0 Å². The van der Waals surface area contributed by atoms with Crippen LogP contribution in [0, 0.1) is 5.82 Å². The number of aldehydes is 1. The second-order valence-electron chi connectivity index (χ2n) is 6.02. The van der Waals surface area contributed by atoms with Crippen molar-refractivity contribution in [2.75, 3.05) is 5.32 Å². The van der Waals surface area contributed by atoms with E-state index in [1.165, 1.54) is 24.3 Å². The molecule has 0 aliphatic rings. The molecule has 0 aliphatic heterocycles. The number of rotatable bonds is 4. The summed E-state index contributed by atoms with van der Waals surface area (Å²) in [5.41, 5.74) is 3.85. The molecule has 0 spiro atoms. The maximum atomic E-state index is 13.0. The number of aromatic amines is 1. The summed E-state index contributed by atoms with van der Waals surface area (Å²) in [6.45, 7) is 0. The first-order valence-corrected chi connectivity index (χ1v) is 8.25. The topological polar surface area (TPSA) is 74.8 Å². The molecule has 27 heavy (non-hydrogen) atoms. The van der Waals surface area contributed by atoms with Gasteiger partial charge < -0.3 is 10.3 Å². The summed E-state index contributed by atoms with van der Waals surface area (Å²) < 4.78 is 13.0. The van der Waals surface area contributed by atoms with Gasteiger partial charge in [0.2, 0.25) is 0 Å². The number of benzene rings is 3. The Bertz CT molecular complexity index is 1130. The Morgan fingerprint density at radius 2 is 1.74 bits per heavy atom. The molecule has 1 heterocycles. The largest absolute Gasteiger partial charge is 0.338 e. The van der Waals surface area contributed by atoms with E-state index in [-0.39, 0.29) is 11.7 Å². The number of H-pyrrole nitrogens is 1. The number of nitrogens with zero attached hydrogens (tertiary/aromatic N) is 1. The number of halogens is 1. The van der Waals surface area contributed by atoms with Crippen molar-refractivity contribution in [2.45, 2.75) is 0 Å². The normalized spacial score (nSPS) is 10.7. The molecule has 0 radical (unpaired) electrons. The van der Waals surface area contributed by atoms with Crippen LogP contribution in [0.2, 0.25) is 0 Å². The SMILES string of the molecule is O=Cc1ccc(-c2nc3ccc(C(=O)Nc4ccc(F)cc4)cc3[nH]2)cc1.